The van der Waals surface area contributed by atoms with Crippen LogP contribution in [0.4, 0.5) is 0 Å². The smallest absolute Gasteiger partial charge is 0.243 e. The van der Waals surface area contributed by atoms with Crippen molar-refractivity contribution in [2.24, 2.45) is 40.4 Å². The molecule has 10 atom stereocenters. The van der Waals surface area contributed by atoms with Gasteiger partial charge in [-0.05, 0) is 92.6 Å². The maximum absolute atomic E-state index is 14.1. The normalized spacial score (nSPS) is 47.2. The molecule has 0 N–H and O–H groups in total. The van der Waals surface area contributed by atoms with Crippen LogP contribution in [0.15, 0.2) is 29.2 Å². The van der Waals surface area contributed by atoms with Gasteiger partial charge in [-0.25, -0.2) is 8.42 Å². The summed E-state index contributed by atoms with van der Waals surface area (Å²) in [5.74, 6) is 1.95. The molecule has 0 bridgehead atoms. The molecule has 6 heteroatoms. The molecule has 5 fully saturated rings. The molecule has 4 saturated carbocycles. The predicted molar refractivity (Wildman–Crippen MR) is 129 cm³/mol. The molecule has 34 heavy (non-hydrogen) atoms. The number of rotatable bonds is 3. The summed E-state index contributed by atoms with van der Waals surface area (Å²) < 4.78 is 29.9. The number of Topliss-reactive ketones (excluding diaryl/α,β-unsaturated/α-hetero) is 2. The third-order valence-corrected chi connectivity index (χ3v) is 13.0. The van der Waals surface area contributed by atoms with Crippen LogP contribution in [0.1, 0.15) is 71.3 Å². The fourth-order valence-corrected chi connectivity index (χ4v) is 11.5. The molecule has 5 nitrogen and oxygen atoms in total. The summed E-state index contributed by atoms with van der Waals surface area (Å²) in [6, 6.07) is 7.02. The van der Waals surface area contributed by atoms with Gasteiger partial charge in [0.15, 0.2) is 0 Å². The van der Waals surface area contributed by atoms with Crippen molar-refractivity contribution < 1.29 is 18.0 Å². The van der Waals surface area contributed by atoms with Crippen molar-refractivity contribution in [2.75, 3.05) is 0 Å². The van der Waals surface area contributed by atoms with E-state index in [0.29, 0.717) is 41.3 Å². The van der Waals surface area contributed by atoms with Gasteiger partial charge in [0, 0.05) is 30.8 Å². The monoisotopic (exact) mass is 483 g/mol. The standard InChI is InChI=1S/C28H37NO4S/c1-16-5-8-20(9-6-16)34(32,33)29-25-24-21(10-7-18-15-19(31)13-14-27(18,24)3)23-12-11-22(17(2)30)28(23,4)26(25)29/h5-6,8-9,18,21-26H,7,10-15H2,1-4H3/t18?,21-,22+,23-,24+,25-,26-,27-,28+,29?/m0/s1. The minimum absolute atomic E-state index is 0.00701. The van der Waals surface area contributed by atoms with Crippen molar-refractivity contribution in [3.8, 4) is 0 Å². The number of fused-ring (bicyclic) bond motifs is 8. The third kappa shape index (κ3) is 2.84. The Balaban J connectivity index is 1.48. The molecule has 6 rings (SSSR count). The Labute approximate surface area is 203 Å². The van der Waals surface area contributed by atoms with E-state index in [1.54, 1.807) is 19.1 Å². The van der Waals surface area contributed by atoms with E-state index in [2.05, 4.69) is 13.8 Å². The van der Waals surface area contributed by atoms with E-state index in [0.717, 1.165) is 37.7 Å². The Morgan fingerprint density at radius 2 is 1.76 bits per heavy atom. The lowest BCUT2D eigenvalue weighted by atomic mass is 9.44. The molecule has 0 aromatic heterocycles. The highest BCUT2D eigenvalue weighted by Gasteiger charge is 2.78. The number of aryl methyl sites for hydroxylation is 1. The number of hydrogen-bond donors (Lipinski definition) is 0. The maximum atomic E-state index is 14.1. The Morgan fingerprint density at radius 1 is 1.06 bits per heavy atom. The van der Waals surface area contributed by atoms with E-state index < -0.39 is 10.0 Å². The Kier molecular flexibility index (Phi) is 4.89. The highest BCUT2D eigenvalue weighted by Crippen LogP contribution is 2.73. The number of hydrogen-bond acceptors (Lipinski definition) is 4. The molecule has 0 spiro atoms. The van der Waals surface area contributed by atoms with Crippen LogP contribution >= 0.6 is 0 Å². The summed E-state index contributed by atoms with van der Waals surface area (Å²) in [4.78, 5) is 25.5. The zero-order valence-corrected chi connectivity index (χ0v) is 21.6. The van der Waals surface area contributed by atoms with E-state index in [1.165, 1.54) is 0 Å². The number of carbonyl (C=O) groups excluding carboxylic acids is 2. The molecular formula is C28H37NO4S. The first-order valence-corrected chi connectivity index (χ1v) is 14.6. The fourth-order valence-electron chi connectivity index (χ4n) is 9.59. The van der Waals surface area contributed by atoms with Gasteiger partial charge in [0.2, 0.25) is 10.0 Å². The summed E-state index contributed by atoms with van der Waals surface area (Å²) in [7, 11) is -3.66. The largest absolute Gasteiger partial charge is 0.300 e. The average molecular weight is 484 g/mol. The van der Waals surface area contributed by atoms with Crippen LogP contribution in [0.3, 0.4) is 0 Å². The van der Waals surface area contributed by atoms with E-state index in [4.69, 9.17) is 0 Å². The molecular weight excluding hydrogens is 446 g/mol. The Morgan fingerprint density at radius 3 is 2.44 bits per heavy atom. The minimum Gasteiger partial charge on any atom is -0.300 e. The topological polar surface area (TPSA) is 71.3 Å². The van der Waals surface area contributed by atoms with Gasteiger partial charge in [0.1, 0.15) is 11.6 Å². The first kappa shape index (κ1) is 22.9. The number of sulfonamides is 1. The van der Waals surface area contributed by atoms with Gasteiger partial charge in [0.05, 0.1) is 4.90 Å². The molecule has 0 radical (unpaired) electrons. The second-order valence-electron chi connectivity index (χ2n) is 12.5. The lowest BCUT2D eigenvalue weighted by Crippen LogP contribution is -2.57. The minimum atomic E-state index is -3.66. The van der Waals surface area contributed by atoms with Crippen LogP contribution in [0.5, 0.6) is 0 Å². The van der Waals surface area contributed by atoms with Gasteiger partial charge in [0.25, 0.3) is 0 Å². The third-order valence-electron chi connectivity index (χ3n) is 11.1. The van der Waals surface area contributed by atoms with Gasteiger partial charge < -0.3 is 0 Å². The molecule has 1 saturated heterocycles. The average Bonchev–Trinajstić information content (AvgIpc) is 3.44. The Bertz CT molecular complexity index is 1160. The first-order chi connectivity index (χ1) is 16.0. The van der Waals surface area contributed by atoms with Crippen molar-refractivity contribution in [1.82, 2.24) is 4.31 Å². The molecule has 184 valence electrons. The lowest BCUT2D eigenvalue weighted by Gasteiger charge is -2.59. The van der Waals surface area contributed by atoms with Crippen LogP contribution in [0, 0.1) is 47.3 Å². The Hall–Kier alpha value is -1.53. The fraction of sp³-hybridized carbons (Fsp3) is 0.714. The maximum Gasteiger partial charge on any atom is 0.243 e. The lowest BCUT2D eigenvalue weighted by molar-refractivity contribution is -0.138. The summed E-state index contributed by atoms with van der Waals surface area (Å²) >= 11 is 0. The van der Waals surface area contributed by atoms with E-state index in [1.807, 2.05) is 23.4 Å². The zero-order valence-electron chi connectivity index (χ0n) is 20.8. The molecule has 1 aromatic rings. The molecule has 4 aliphatic carbocycles. The van der Waals surface area contributed by atoms with Crippen LogP contribution in [-0.2, 0) is 19.6 Å². The van der Waals surface area contributed by atoms with Crippen molar-refractivity contribution >= 4 is 21.6 Å². The highest BCUT2D eigenvalue weighted by atomic mass is 32.2. The van der Waals surface area contributed by atoms with Crippen molar-refractivity contribution in [3.63, 3.8) is 0 Å². The number of benzene rings is 1. The van der Waals surface area contributed by atoms with Crippen molar-refractivity contribution in [2.45, 2.75) is 89.6 Å². The predicted octanol–water partition coefficient (Wildman–Crippen LogP) is 4.77. The van der Waals surface area contributed by atoms with Gasteiger partial charge in [-0.2, -0.15) is 4.31 Å². The molecule has 0 amide bonds. The second kappa shape index (κ2) is 7.25. The van der Waals surface area contributed by atoms with E-state index in [9.17, 15) is 18.0 Å². The zero-order chi connectivity index (χ0) is 24.2. The van der Waals surface area contributed by atoms with Gasteiger partial charge in [-0.15, -0.1) is 0 Å². The SMILES string of the molecule is CC(=O)[C@H]1CC[C@H]2[C@@H]3CCC4CC(=O)CC[C@]4(C)[C@H]3[C@H]3[C@H](N3S(=O)(=O)c3ccc(C)cc3)[C@]12C. The summed E-state index contributed by atoms with van der Waals surface area (Å²) in [6.07, 6.45) is 6.16. The molecule has 1 aliphatic heterocycles. The summed E-state index contributed by atoms with van der Waals surface area (Å²) in [6.45, 7) is 8.25. The van der Waals surface area contributed by atoms with Gasteiger partial charge in [-0.3, -0.25) is 9.59 Å². The number of carbonyl (C=O) groups is 2. The quantitative estimate of drug-likeness (QED) is 0.581. The van der Waals surface area contributed by atoms with Crippen molar-refractivity contribution in [1.29, 1.82) is 0 Å². The summed E-state index contributed by atoms with van der Waals surface area (Å²) in [5.41, 5.74) is 0.729. The van der Waals surface area contributed by atoms with E-state index in [-0.39, 0.29) is 40.5 Å². The molecule has 1 heterocycles. The number of ketones is 2. The number of nitrogens with zero attached hydrogens (tertiary/aromatic N) is 1. The highest BCUT2D eigenvalue weighted by molar-refractivity contribution is 7.89. The van der Waals surface area contributed by atoms with E-state index >= 15 is 0 Å². The molecule has 5 aliphatic rings. The van der Waals surface area contributed by atoms with Gasteiger partial charge in [-0.1, -0.05) is 31.5 Å². The van der Waals surface area contributed by atoms with Crippen LogP contribution < -0.4 is 0 Å². The first-order valence-electron chi connectivity index (χ1n) is 13.1. The van der Waals surface area contributed by atoms with Crippen LogP contribution in [0.25, 0.3) is 0 Å². The second-order valence-corrected chi connectivity index (χ2v) is 14.4. The van der Waals surface area contributed by atoms with Crippen LogP contribution in [0.2, 0.25) is 0 Å². The summed E-state index contributed by atoms with van der Waals surface area (Å²) in [5, 5.41) is 0. The van der Waals surface area contributed by atoms with Crippen LogP contribution in [-0.4, -0.2) is 36.4 Å². The molecule has 2 unspecified atom stereocenters. The molecule has 1 aromatic carbocycles. The van der Waals surface area contributed by atoms with Crippen molar-refractivity contribution in [3.05, 3.63) is 29.8 Å². The van der Waals surface area contributed by atoms with Gasteiger partial charge >= 0.3 is 0 Å².